The maximum absolute atomic E-state index is 9.64. The number of aromatic nitrogens is 4. The average molecular weight is 482 g/mol. The Morgan fingerprint density at radius 1 is 1.11 bits per heavy atom. The van der Waals surface area contributed by atoms with Crippen LogP contribution in [-0.2, 0) is 9.47 Å². The fraction of sp³-hybridized carbons (Fsp3) is 0.640. The van der Waals surface area contributed by atoms with E-state index in [-0.39, 0.29) is 6.61 Å². The van der Waals surface area contributed by atoms with Crippen molar-refractivity contribution in [2.75, 3.05) is 38.9 Å². The first-order valence-electron chi connectivity index (χ1n) is 12.4. The summed E-state index contributed by atoms with van der Waals surface area (Å²) < 4.78 is 16.5. The lowest BCUT2D eigenvalue weighted by Crippen LogP contribution is -2.43. The van der Waals surface area contributed by atoms with Gasteiger partial charge in [-0.25, -0.2) is 15.0 Å². The lowest BCUT2D eigenvalue weighted by atomic mass is 9.83. The number of hydrogen-bond donors (Lipinski definition) is 2. The van der Waals surface area contributed by atoms with E-state index >= 15 is 0 Å². The minimum absolute atomic E-state index is 0.279. The summed E-state index contributed by atoms with van der Waals surface area (Å²) in [7, 11) is 1.73. The van der Waals surface area contributed by atoms with Crippen LogP contribution in [0.1, 0.15) is 45.4 Å². The summed E-state index contributed by atoms with van der Waals surface area (Å²) in [5.41, 5.74) is 0.0869. The van der Waals surface area contributed by atoms with Crippen molar-refractivity contribution in [1.29, 1.82) is 5.26 Å². The van der Waals surface area contributed by atoms with Gasteiger partial charge in [0.15, 0.2) is 5.82 Å². The quantitative estimate of drug-likeness (QED) is 0.523. The van der Waals surface area contributed by atoms with Crippen molar-refractivity contribution in [2.24, 2.45) is 5.41 Å². The molecule has 0 aromatic carbocycles. The summed E-state index contributed by atoms with van der Waals surface area (Å²) in [6.45, 7) is 4.31. The van der Waals surface area contributed by atoms with Gasteiger partial charge in [-0.1, -0.05) is 0 Å². The summed E-state index contributed by atoms with van der Waals surface area (Å²) in [4.78, 5) is 17.9. The molecule has 10 nitrogen and oxygen atoms in total. The van der Waals surface area contributed by atoms with Crippen molar-refractivity contribution in [3.8, 4) is 23.5 Å². The second-order valence-electron chi connectivity index (χ2n) is 9.49. The minimum Gasteiger partial charge on any atom is -0.476 e. The number of nitrogens with one attached hydrogen (secondary N) is 2. The number of rotatable bonds is 10. The van der Waals surface area contributed by atoms with Crippen LogP contribution >= 0.6 is 0 Å². The van der Waals surface area contributed by atoms with E-state index in [1.54, 1.807) is 31.6 Å². The monoisotopic (exact) mass is 481 g/mol. The van der Waals surface area contributed by atoms with Crippen molar-refractivity contribution in [1.82, 2.24) is 25.3 Å². The summed E-state index contributed by atoms with van der Waals surface area (Å²) in [6, 6.07) is 7.11. The van der Waals surface area contributed by atoms with Crippen LogP contribution in [0.5, 0.6) is 5.88 Å². The van der Waals surface area contributed by atoms with E-state index in [0.717, 1.165) is 32.3 Å². The number of ether oxygens (including phenoxy) is 3. The van der Waals surface area contributed by atoms with Gasteiger partial charge in [0.05, 0.1) is 18.1 Å². The zero-order valence-corrected chi connectivity index (χ0v) is 20.6. The molecule has 0 unspecified atom stereocenters. The Kier molecular flexibility index (Phi) is 8.79. The Hall–Kier alpha value is -2.87. The number of hydrogen-bond acceptors (Lipinski definition) is 10. The van der Waals surface area contributed by atoms with Gasteiger partial charge >= 0.3 is 0 Å². The molecule has 2 fully saturated rings. The number of anilines is 1. The Morgan fingerprint density at radius 2 is 1.86 bits per heavy atom. The van der Waals surface area contributed by atoms with Crippen molar-refractivity contribution in [3.05, 3.63) is 24.5 Å². The van der Waals surface area contributed by atoms with Gasteiger partial charge in [-0.05, 0) is 51.5 Å². The topological polar surface area (TPSA) is 127 Å². The van der Waals surface area contributed by atoms with Crippen LogP contribution in [0.4, 0.5) is 5.95 Å². The maximum atomic E-state index is 9.64. The van der Waals surface area contributed by atoms with Gasteiger partial charge in [-0.2, -0.15) is 10.2 Å². The molecule has 1 saturated carbocycles. The second-order valence-corrected chi connectivity index (χ2v) is 9.49. The Labute approximate surface area is 206 Å². The molecular weight excluding hydrogens is 446 g/mol. The highest BCUT2D eigenvalue weighted by atomic mass is 16.5. The van der Waals surface area contributed by atoms with Crippen LogP contribution < -0.4 is 15.4 Å². The van der Waals surface area contributed by atoms with Crippen LogP contribution in [0.15, 0.2) is 24.5 Å². The van der Waals surface area contributed by atoms with Gasteiger partial charge in [0.1, 0.15) is 12.3 Å². The van der Waals surface area contributed by atoms with E-state index in [0.29, 0.717) is 67.5 Å². The summed E-state index contributed by atoms with van der Waals surface area (Å²) >= 11 is 0. The standard InChI is InChI=1S/C25H35N7O3/c1-18(15-33-2)29-19-3-5-20(6-4-19)30-24-28-11-7-21(31-24)23-27-12-8-22(32-23)35-17-25(16-26)9-13-34-14-10-25/h7-8,11-12,18-20,29H,3-6,9-10,13-15,17H2,1-2H3,(H,28,30,31)/t18-,19?,20?/m0/s1. The highest BCUT2D eigenvalue weighted by molar-refractivity contribution is 5.51. The Bertz CT molecular complexity index is 985. The zero-order chi connectivity index (χ0) is 24.5. The first-order chi connectivity index (χ1) is 17.1. The fourth-order valence-corrected chi connectivity index (χ4v) is 4.65. The molecule has 2 aromatic heterocycles. The lowest BCUT2D eigenvalue weighted by molar-refractivity contribution is 0.0183. The van der Waals surface area contributed by atoms with Gasteiger partial charge in [-0.15, -0.1) is 0 Å². The molecular formula is C25H35N7O3. The predicted octanol–water partition coefficient (Wildman–Crippen LogP) is 2.98. The molecule has 0 radical (unpaired) electrons. The first kappa shape index (κ1) is 25.2. The molecule has 35 heavy (non-hydrogen) atoms. The lowest BCUT2D eigenvalue weighted by Gasteiger charge is -2.31. The molecule has 2 N–H and O–H groups in total. The highest BCUT2D eigenvalue weighted by Gasteiger charge is 2.34. The van der Waals surface area contributed by atoms with Crippen LogP contribution in [0.3, 0.4) is 0 Å². The molecule has 0 spiro atoms. The fourth-order valence-electron chi connectivity index (χ4n) is 4.65. The van der Waals surface area contributed by atoms with Gasteiger partial charge in [0, 0.05) is 56.9 Å². The average Bonchev–Trinajstić information content (AvgIpc) is 2.90. The van der Waals surface area contributed by atoms with E-state index in [4.69, 9.17) is 14.2 Å². The van der Waals surface area contributed by atoms with Crippen LogP contribution in [-0.4, -0.2) is 71.6 Å². The number of nitriles is 1. The Balaban J connectivity index is 1.33. The predicted molar refractivity (Wildman–Crippen MR) is 131 cm³/mol. The molecule has 1 atom stereocenters. The van der Waals surface area contributed by atoms with Crippen LogP contribution in [0.25, 0.3) is 11.5 Å². The molecule has 2 aliphatic rings. The van der Waals surface area contributed by atoms with Gasteiger partial charge in [0.2, 0.25) is 11.8 Å². The van der Waals surface area contributed by atoms with E-state index in [1.165, 1.54) is 0 Å². The summed E-state index contributed by atoms with van der Waals surface area (Å²) in [5, 5.41) is 16.8. The normalized spacial score (nSPS) is 22.7. The molecule has 1 aliphatic carbocycles. The molecule has 188 valence electrons. The third kappa shape index (κ3) is 7.07. The van der Waals surface area contributed by atoms with Crippen LogP contribution in [0, 0.1) is 16.7 Å². The SMILES string of the molecule is COC[C@H](C)NC1CCC(Nc2nccc(-c3nccc(OCC4(C#N)CCOCC4)n3)n2)CC1. The molecule has 0 bridgehead atoms. The van der Waals surface area contributed by atoms with Crippen molar-refractivity contribution in [2.45, 2.75) is 63.6 Å². The molecule has 4 rings (SSSR count). The summed E-state index contributed by atoms with van der Waals surface area (Å²) in [5.74, 6) is 1.47. The number of methoxy groups -OCH3 is 1. The maximum Gasteiger partial charge on any atom is 0.223 e. The molecule has 10 heteroatoms. The van der Waals surface area contributed by atoms with Crippen molar-refractivity contribution < 1.29 is 14.2 Å². The molecule has 3 heterocycles. The summed E-state index contributed by atoms with van der Waals surface area (Å²) in [6.07, 6.45) is 8.99. The van der Waals surface area contributed by atoms with E-state index in [2.05, 4.69) is 43.6 Å². The van der Waals surface area contributed by atoms with Gasteiger partial charge < -0.3 is 24.8 Å². The third-order valence-corrected chi connectivity index (χ3v) is 6.70. The second kappa shape index (κ2) is 12.2. The van der Waals surface area contributed by atoms with Gasteiger partial charge in [0.25, 0.3) is 0 Å². The van der Waals surface area contributed by atoms with Crippen molar-refractivity contribution >= 4 is 5.95 Å². The largest absolute Gasteiger partial charge is 0.476 e. The molecule has 0 amide bonds. The highest BCUT2D eigenvalue weighted by Crippen LogP contribution is 2.30. The molecule has 2 aromatic rings. The molecule has 1 saturated heterocycles. The van der Waals surface area contributed by atoms with Gasteiger partial charge in [-0.3, -0.25) is 0 Å². The third-order valence-electron chi connectivity index (χ3n) is 6.70. The molecule has 1 aliphatic heterocycles. The number of nitrogens with zero attached hydrogens (tertiary/aromatic N) is 5. The van der Waals surface area contributed by atoms with E-state index in [9.17, 15) is 5.26 Å². The Morgan fingerprint density at radius 3 is 2.60 bits per heavy atom. The zero-order valence-electron chi connectivity index (χ0n) is 20.6. The minimum atomic E-state index is -0.536. The van der Waals surface area contributed by atoms with E-state index < -0.39 is 5.41 Å². The van der Waals surface area contributed by atoms with Crippen LogP contribution in [0.2, 0.25) is 0 Å². The smallest absolute Gasteiger partial charge is 0.223 e. The van der Waals surface area contributed by atoms with Crippen molar-refractivity contribution in [3.63, 3.8) is 0 Å². The first-order valence-corrected chi connectivity index (χ1v) is 12.4. The van der Waals surface area contributed by atoms with E-state index in [1.807, 2.05) is 0 Å².